The smallest absolute Gasteiger partial charge is 0.257 e. The Labute approximate surface area is 119 Å². The van der Waals surface area contributed by atoms with Crippen molar-refractivity contribution in [3.8, 4) is 0 Å². The normalized spacial score (nSPS) is 12.4. The van der Waals surface area contributed by atoms with Crippen molar-refractivity contribution in [1.82, 2.24) is 14.9 Å². The van der Waals surface area contributed by atoms with Crippen LogP contribution in [0.4, 0.5) is 20.4 Å². The largest absolute Gasteiger partial charge is 0.371 e. The molecular formula is C12H15F2N5O2. The lowest BCUT2D eigenvalue weighted by Crippen LogP contribution is -2.31. The summed E-state index contributed by atoms with van der Waals surface area (Å²) >= 11 is 0. The Kier molecular flexibility index (Phi) is 4.51. The van der Waals surface area contributed by atoms with Gasteiger partial charge >= 0.3 is 0 Å². The number of rotatable bonds is 6. The molecule has 114 valence electrons. The Hall–Kier alpha value is -2.45. The second kappa shape index (κ2) is 6.33. The van der Waals surface area contributed by atoms with E-state index in [0.29, 0.717) is 11.4 Å². The molecule has 0 unspecified atom stereocenters. The Bertz CT molecular complexity index is 610. The van der Waals surface area contributed by atoms with E-state index in [4.69, 9.17) is 4.52 Å². The third kappa shape index (κ3) is 4.26. The minimum Gasteiger partial charge on any atom is -0.371 e. The molecule has 7 nitrogen and oxygen atoms in total. The molecule has 0 aliphatic rings. The summed E-state index contributed by atoms with van der Waals surface area (Å²) in [6, 6.07) is 0.991. The van der Waals surface area contributed by atoms with Crippen molar-refractivity contribution in [1.29, 1.82) is 0 Å². The van der Waals surface area contributed by atoms with E-state index in [1.165, 1.54) is 12.4 Å². The molecule has 2 rings (SSSR count). The number of halogens is 2. The third-order valence-corrected chi connectivity index (χ3v) is 2.61. The minimum absolute atomic E-state index is 0.250. The maximum Gasteiger partial charge on any atom is 0.257 e. The maximum atomic E-state index is 12.2. The molecule has 0 bridgehead atoms. The standard InChI is InChI=1S/C12H15F2N5O2/c1-7-3-11(21-18-7)17-12(20)8(2)16-9-4-15-19(5-9)6-10(13)14/h3-5,8,10,16H,6H2,1-2H3,(H,17,20)/t8-/m1/s1. The minimum atomic E-state index is -2.48. The fourth-order valence-electron chi connectivity index (χ4n) is 1.65. The highest BCUT2D eigenvalue weighted by Crippen LogP contribution is 2.11. The van der Waals surface area contributed by atoms with Crippen LogP contribution in [0.5, 0.6) is 0 Å². The van der Waals surface area contributed by atoms with Gasteiger partial charge in [-0.2, -0.15) is 5.10 Å². The number of carbonyl (C=O) groups is 1. The van der Waals surface area contributed by atoms with Crippen LogP contribution in [-0.2, 0) is 11.3 Å². The molecule has 2 N–H and O–H groups in total. The molecule has 0 aliphatic heterocycles. The first kappa shape index (κ1) is 14.9. The van der Waals surface area contributed by atoms with E-state index in [1.54, 1.807) is 19.9 Å². The van der Waals surface area contributed by atoms with Crippen LogP contribution in [0, 0.1) is 6.92 Å². The van der Waals surface area contributed by atoms with Crippen LogP contribution in [0.3, 0.4) is 0 Å². The third-order valence-electron chi connectivity index (χ3n) is 2.61. The number of anilines is 2. The predicted octanol–water partition coefficient (Wildman–Crippen LogP) is 1.88. The molecule has 0 fully saturated rings. The number of hydrogen-bond donors (Lipinski definition) is 2. The van der Waals surface area contributed by atoms with Crippen LogP contribution in [0.25, 0.3) is 0 Å². The lowest BCUT2D eigenvalue weighted by molar-refractivity contribution is -0.116. The van der Waals surface area contributed by atoms with Crippen molar-refractivity contribution in [2.24, 2.45) is 0 Å². The first-order valence-corrected chi connectivity index (χ1v) is 6.25. The van der Waals surface area contributed by atoms with Gasteiger partial charge in [0.2, 0.25) is 11.8 Å². The van der Waals surface area contributed by atoms with Gasteiger partial charge in [0, 0.05) is 12.3 Å². The van der Waals surface area contributed by atoms with Crippen molar-refractivity contribution >= 4 is 17.5 Å². The Morgan fingerprint density at radius 2 is 2.29 bits per heavy atom. The molecule has 0 radical (unpaired) electrons. The number of aryl methyl sites for hydroxylation is 1. The van der Waals surface area contributed by atoms with Crippen molar-refractivity contribution in [3.05, 3.63) is 24.2 Å². The van der Waals surface area contributed by atoms with Gasteiger partial charge in [0.05, 0.1) is 17.6 Å². The summed E-state index contributed by atoms with van der Waals surface area (Å²) < 4.78 is 30.4. The van der Waals surface area contributed by atoms with Crippen molar-refractivity contribution in [3.63, 3.8) is 0 Å². The highest BCUT2D eigenvalue weighted by atomic mass is 19.3. The molecule has 0 aliphatic carbocycles. The van der Waals surface area contributed by atoms with Crippen LogP contribution in [-0.4, -0.2) is 33.3 Å². The molecule has 2 aromatic rings. The summed E-state index contributed by atoms with van der Waals surface area (Å²) in [6.45, 7) is 2.88. The lowest BCUT2D eigenvalue weighted by Gasteiger charge is -2.12. The molecule has 0 saturated heterocycles. The number of carbonyl (C=O) groups excluding carboxylic acids is 1. The molecule has 9 heteroatoms. The quantitative estimate of drug-likeness (QED) is 0.850. The Morgan fingerprint density at radius 1 is 1.52 bits per heavy atom. The molecule has 2 heterocycles. The average Bonchev–Trinajstić information content (AvgIpc) is 2.98. The summed E-state index contributed by atoms with van der Waals surface area (Å²) in [6.07, 6.45) is 0.312. The first-order chi connectivity index (χ1) is 9.94. The molecule has 0 saturated carbocycles. The molecule has 21 heavy (non-hydrogen) atoms. The number of amides is 1. The fraction of sp³-hybridized carbons (Fsp3) is 0.417. The van der Waals surface area contributed by atoms with E-state index in [-0.39, 0.29) is 11.8 Å². The van der Waals surface area contributed by atoms with Gasteiger partial charge < -0.3 is 9.84 Å². The maximum absolute atomic E-state index is 12.2. The van der Waals surface area contributed by atoms with E-state index in [2.05, 4.69) is 20.9 Å². The zero-order chi connectivity index (χ0) is 15.4. The van der Waals surface area contributed by atoms with Gasteiger partial charge in [-0.05, 0) is 13.8 Å². The number of aromatic nitrogens is 3. The molecule has 1 amide bonds. The molecular weight excluding hydrogens is 284 g/mol. The first-order valence-electron chi connectivity index (χ1n) is 6.25. The topological polar surface area (TPSA) is 85.0 Å². The van der Waals surface area contributed by atoms with Crippen LogP contribution >= 0.6 is 0 Å². The van der Waals surface area contributed by atoms with E-state index >= 15 is 0 Å². The van der Waals surface area contributed by atoms with Crippen LogP contribution in [0.1, 0.15) is 12.6 Å². The Morgan fingerprint density at radius 3 is 2.90 bits per heavy atom. The van der Waals surface area contributed by atoms with E-state index in [0.717, 1.165) is 4.68 Å². The van der Waals surface area contributed by atoms with Gasteiger partial charge in [-0.1, -0.05) is 5.16 Å². The lowest BCUT2D eigenvalue weighted by atomic mass is 10.3. The summed E-state index contributed by atoms with van der Waals surface area (Å²) in [5.74, 6) is -0.0905. The van der Waals surface area contributed by atoms with Gasteiger partial charge in [0.25, 0.3) is 6.43 Å². The van der Waals surface area contributed by atoms with E-state index in [9.17, 15) is 13.6 Å². The van der Waals surface area contributed by atoms with Gasteiger partial charge in [-0.3, -0.25) is 14.8 Å². The highest BCUT2D eigenvalue weighted by molar-refractivity contribution is 5.95. The van der Waals surface area contributed by atoms with E-state index < -0.39 is 19.0 Å². The van der Waals surface area contributed by atoms with Gasteiger partial charge in [0.1, 0.15) is 12.6 Å². The molecule has 0 spiro atoms. The number of hydrogen-bond acceptors (Lipinski definition) is 5. The SMILES string of the molecule is Cc1cc(NC(=O)[C@@H](C)Nc2cnn(CC(F)F)c2)on1. The van der Waals surface area contributed by atoms with Crippen molar-refractivity contribution < 1.29 is 18.1 Å². The number of nitrogens with one attached hydrogen (secondary N) is 2. The van der Waals surface area contributed by atoms with Gasteiger partial charge in [-0.25, -0.2) is 8.78 Å². The predicted molar refractivity (Wildman–Crippen MR) is 71.2 cm³/mol. The van der Waals surface area contributed by atoms with Crippen LogP contribution in [0.15, 0.2) is 23.0 Å². The fourth-order valence-corrected chi connectivity index (χ4v) is 1.65. The molecule has 2 aromatic heterocycles. The number of alkyl halides is 2. The molecule has 1 atom stereocenters. The second-order valence-corrected chi connectivity index (χ2v) is 4.53. The zero-order valence-electron chi connectivity index (χ0n) is 11.5. The molecule has 0 aromatic carbocycles. The van der Waals surface area contributed by atoms with Crippen LogP contribution < -0.4 is 10.6 Å². The highest BCUT2D eigenvalue weighted by Gasteiger charge is 2.16. The van der Waals surface area contributed by atoms with E-state index in [1.807, 2.05) is 0 Å². The van der Waals surface area contributed by atoms with Gasteiger partial charge in [0.15, 0.2) is 0 Å². The Balaban J connectivity index is 1.89. The van der Waals surface area contributed by atoms with Crippen molar-refractivity contribution in [2.75, 3.05) is 10.6 Å². The van der Waals surface area contributed by atoms with Gasteiger partial charge in [-0.15, -0.1) is 0 Å². The average molecular weight is 299 g/mol. The van der Waals surface area contributed by atoms with Crippen LogP contribution in [0.2, 0.25) is 0 Å². The summed E-state index contributed by atoms with van der Waals surface area (Å²) in [7, 11) is 0. The summed E-state index contributed by atoms with van der Waals surface area (Å²) in [4.78, 5) is 11.9. The number of nitrogens with zero attached hydrogens (tertiary/aromatic N) is 3. The zero-order valence-corrected chi connectivity index (χ0v) is 11.5. The monoisotopic (exact) mass is 299 g/mol. The second-order valence-electron chi connectivity index (χ2n) is 4.53. The van der Waals surface area contributed by atoms with Crippen molar-refractivity contribution in [2.45, 2.75) is 32.9 Å². The summed E-state index contributed by atoms with van der Waals surface area (Å²) in [5.41, 5.74) is 1.13. The summed E-state index contributed by atoms with van der Waals surface area (Å²) in [5, 5.41) is 12.8.